The summed E-state index contributed by atoms with van der Waals surface area (Å²) in [6, 6.07) is 4.16. The second-order valence-electron chi connectivity index (χ2n) is 6.51. The number of fused-ring (bicyclic) bond motifs is 4. The Morgan fingerprint density at radius 1 is 1.24 bits per heavy atom. The molecule has 4 nitrogen and oxygen atoms in total. The van der Waals surface area contributed by atoms with Crippen LogP contribution in [0.25, 0.3) is 15.9 Å². The molecule has 0 unspecified atom stereocenters. The Kier molecular flexibility index (Phi) is 3.75. The van der Waals surface area contributed by atoms with Gasteiger partial charge in [-0.15, -0.1) is 11.3 Å². The minimum absolute atomic E-state index is 0.831. The van der Waals surface area contributed by atoms with Gasteiger partial charge in [-0.05, 0) is 49.8 Å². The summed E-state index contributed by atoms with van der Waals surface area (Å²) in [5.41, 5.74) is 4.84. The van der Waals surface area contributed by atoms with Gasteiger partial charge in [0.2, 0.25) is 0 Å². The van der Waals surface area contributed by atoms with Crippen molar-refractivity contribution in [1.29, 1.82) is 0 Å². The zero-order valence-electron chi connectivity index (χ0n) is 14.0. The van der Waals surface area contributed by atoms with Crippen LogP contribution >= 0.6 is 23.1 Å². The van der Waals surface area contributed by atoms with Crippen molar-refractivity contribution in [2.45, 2.75) is 43.4 Å². The maximum Gasteiger partial charge on any atom is 0.139 e. The van der Waals surface area contributed by atoms with E-state index in [0.29, 0.717) is 0 Å². The van der Waals surface area contributed by atoms with Gasteiger partial charge >= 0.3 is 0 Å². The van der Waals surface area contributed by atoms with Crippen LogP contribution in [0.4, 0.5) is 0 Å². The molecule has 1 aliphatic rings. The van der Waals surface area contributed by atoms with Crippen LogP contribution in [0.5, 0.6) is 0 Å². The average molecular weight is 367 g/mol. The quantitative estimate of drug-likeness (QED) is 0.385. The minimum atomic E-state index is 0.831. The maximum absolute atomic E-state index is 4.78. The van der Waals surface area contributed by atoms with Crippen LogP contribution in [0, 0.1) is 6.92 Å². The number of thiophene rings is 1. The van der Waals surface area contributed by atoms with Crippen molar-refractivity contribution in [3.8, 4) is 0 Å². The standard InChI is InChI=1S/C19H18N4S2/c1-12-5-4-8-23-9-13(22-17(12)23)10-24-18-16-14-6-2-3-7-15(14)25-19(16)21-11-20-18/h4-5,8-9,11H,2-3,6-7,10H2,1H3. The lowest BCUT2D eigenvalue weighted by molar-refractivity contribution is 0.699. The molecule has 0 amide bonds. The van der Waals surface area contributed by atoms with Crippen molar-refractivity contribution in [3.05, 3.63) is 52.6 Å². The Bertz CT molecular complexity index is 1080. The van der Waals surface area contributed by atoms with Crippen LogP contribution in [-0.4, -0.2) is 19.4 Å². The van der Waals surface area contributed by atoms with E-state index in [1.807, 2.05) is 11.3 Å². The molecule has 4 heterocycles. The number of aromatic nitrogens is 4. The summed E-state index contributed by atoms with van der Waals surface area (Å²) in [6.45, 7) is 2.10. The van der Waals surface area contributed by atoms with Crippen LogP contribution in [0.2, 0.25) is 0 Å². The minimum Gasteiger partial charge on any atom is -0.307 e. The van der Waals surface area contributed by atoms with Gasteiger partial charge in [-0.2, -0.15) is 0 Å². The normalized spacial score (nSPS) is 14.3. The van der Waals surface area contributed by atoms with Crippen molar-refractivity contribution < 1.29 is 0 Å². The topological polar surface area (TPSA) is 43.1 Å². The molecule has 0 radical (unpaired) electrons. The van der Waals surface area contributed by atoms with Gasteiger partial charge in [0.15, 0.2) is 0 Å². The number of pyridine rings is 1. The molecule has 0 saturated heterocycles. The molecule has 0 aromatic carbocycles. The molecule has 5 rings (SSSR count). The van der Waals surface area contributed by atoms with Crippen molar-refractivity contribution in [1.82, 2.24) is 19.4 Å². The van der Waals surface area contributed by atoms with Crippen molar-refractivity contribution >= 4 is 39.0 Å². The van der Waals surface area contributed by atoms with Gasteiger partial charge in [-0.3, -0.25) is 0 Å². The molecule has 6 heteroatoms. The van der Waals surface area contributed by atoms with Gasteiger partial charge in [0.25, 0.3) is 0 Å². The Morgan fingerprint density at radius 3 is 3.08 bits per heavy atom. The first-order valence-corrected chi connectivity index (χ1v) is 10.4. The van der Waals surface area contributed by atoms with Crippen LogP contribution in [0.15, 0.2) is 35.9 Å². The lowest BCUT2D eigenvalue weighted by Crippen LogP contribution is -1.99. The Labute approximate surface area is 154 Å². The fourth-order valence-corrected chi connectivity index (χ4v) is 5.79. The van der Waals surface area contributed by atoms with Crippen molar-refractivity contribution in [3.63, 3.8) is 0 Å². The van der Waals surface area contributed by atoms with Gasteiger partial charge in [0, 0.05) is 28.4 Å². The second-order valence-corrected chi connectivity index (χ2v) is 8.56. The van der Waals surface area contributed by atoms with Crippen molar-refractivity contribution in [2.24, 2.45) is 0 Å². The third kappa shape index (κ3) is 2.64. The molecule has 0 saturated carbocycles. The number of thioether (sulfide) groups is 1. The van der Waals surface area contributed by atoms with E-state index in [4.69, 9.17) is 4.98 Å². The predicted molar refractivity (Wildman–Crippen MR) is 104 cm³/mol. The summed E-state index contributed by atoms with van der Waals surface area (Å²) < 4.78 is 2.10. The zero-order valence-corrected chi connectivity index (χ0v) is 15.7. The lowest BCUT2D eigenvalue weighted by atomic mass is 9.97. The molecule has 4 aromatic rings. The molecule has 4 aromatic heterocycles. The van der Waals surface area contributed by atoms with E-state index in [9.17, 15) is 0 Å². The Hall–Kier alpha value is -1.92. The molecule has 0 spiro atoms. The first kappa shape index (κ1) is 15.3. The Morgan fingerprint density at radius 2 is 2.16 bits per heavy atom. The first-order chi connectivity index (χ1) is 12.3. The lowest BCUT2D eigenvalue weighted by Gasteiger charge is -2.11. The van der Waals surface area contributed by atoms with Gasteiger partial charge in [-0.25, -0.2) is 15.0 Å². The second kappa shape index (κ2) is 6.11. The number of imidazole rings is 1. The maximum atomic E-state index is 4.78. The fraction of sp³-hybridized carbons (Fsp3) is 0.316. The summed E-state index contributed by atoms with van der Waals surface area (Å²) >= 11 is 3.64. The number of rotatable bonds is 3. The van der Waals surface area contributed by atoms with E-state index < -0.39 is 0 Å². The van der Waals surface area contributed by atoms with Crippen LogP contribution in [-0.2, 0) is 18.6 Å². The van der Waals surface area contributed by atoms with E-state index in [1.165, 1.54) is 47.1 Å². The van der Waals surface area contributed by atoms with Gasteiger partial charge in [0.05, 0.1) is 5.69 Å². The van der Waals surface area contributed by atoms with Gasteiger partial charge in [0.1, 0.15) is 21.8 Å². The summed E-state index contributed by atoms with van der Waals surface area (Å²) in [4.78, 5) is 16.6. The highest BCUT2D eigenvalue weighted by Gasteiger charge is 2.20. The Balaban J connectivity index is 1.49. The molecule has 25 heavy (non-hydrogen) atoms. The van der Waals surface area contributed by atoms with E-state index in [0.717, 1.165) is 27.0 Å². The molecule has 0 atom stereocenters. The van der Waals surface area contributed by atoms with Crippen molar-refractivity contribution in [2.75, 3.05) is 0 Å². The molecule has 0 aliphatic heterocycles. The highest BCUT2D eigenvalue weighted by Crippen LogP contribution is 2.39. The molecule has 0 N–H and O–H groups in total. The third-order valence-electron chi connectivity index (χ3n) is 4.80. The van der Waals surface area contributed by atoms with E-state index >= 15 is 0 Å². The molecule has 126 valence electrons. The molecule has 1 aliphatic carbocycles. The molecule has 0 fully saturated rings. The predicted octanol–water partition coefficient (Wildman–Crippen LogP) is 4.82. The van der Waals surface area contributed by atoms with E-state index in [-0.39, 0.29) is 0 Å². The highest BCUT2D eigenvalue weighted by atomic mass is 32.2. The number of aryl methyl sites for hydroxylation is 3. The summed E-state index contributed by atoms with van der Waals surface area (Å²) in [5.74, 6) is 0.831. The first-order valence-electron chi connectivity index (χ1n) is 8.61. The fourth-order valence-electron chi connectivity index (χ4n) is 3.59. The SMILES string of the molecule is Cc1cccn2cc(CSc3ncnc4sc5c(c34)CCCC5)nc12. The van der Waals surface area contributed by atoms with Gasteiger partial charge in [-0.1, -0.05) is 17.8 Å². The van der Waals surface area contributed by atoms with E-state index in [2.05, 4.69) is 45.8 Å². The van der Waals surface area contributed by atoms with Gasteiger partial charge < -0.3 is 4.40 Å². The third-order valence-corrected chi connectivity index (χ3v) is 7.02. The largest absolute Gasteiger partial charge is 0.307 e. The van der Waals surface area contributed by atoms with E-state index in [1.54, 1.807) is 18.1 Å². The molecule has 0 bridgehead atoms. The van der Waals surface area contributed by atoms with Crippen LogP contribution in [0.1, 0.15) is 34.5 Å². The number of hydrogen-bond acceptors (Lipinski definition) is 5. The molecular formula is C19H18N4S2. The summed E-state index contributed by atoms with van der Waals surface area (Å²) in [7, 11) is 0. The number of nitrogens with zero attached hydrogens (tertiary/aromatic N) is 4. The average Bonchev–Trinajstić information content (AvgIpc) is 3.22. The van der Waals surface area contributed by atoms with Crippen LogP contribution in [0.3, 0.4) is 0 Å². The summed E-state index contributed by atoms with van der Waals surface area (Å²) in [6.07, 6.45) is 10.8. The smallest absolute Gasteiger partial charge is 0.139 e. The molecular weight excluding hydrogens is 348 g/mol. The number of hydrogen-bond donors (Lipinski definition) is 0. The van der Waals surface area contributed by atoms with Crippen LogP contribution < -0.4 is 0 Å². The zero-order chi connectivity index (χ0) is 16.8. The highest BCUT2D eigenvalue weighted by molar-refractivity contribution is 7.98. The summed E-state index contributed by atoms with van der Waals surface area (Å²) in [5, 5.41) is 2.41. The monoisotopic (exact) mass is 366 g/mol.